The molecule has 142 valence electrons. The van der Waals surface area contributed by atoms with Gasteiger partial charge in [0.25, 0.3) is 5.91 Å². The van der Waals surface area contributed by atoms with E-state index in [1.54, 1.807) is 6.07 Å². The van der Waals surface area contributed by atoms with Gasteiger partial charge in [0.15, 0.2) is 19.0 Å². The van der Waals surface area contributed by atoms with Crippen molar-refractivity contribution < 1.29 is 23.9 Å². The van der Waals surface area contributed by atoms with Gasteiger partial charge >= 0.3 is 5.97 Å². The molecule has 2 aromatic rings. The summed E-state index contributed by atoms with van der Waals surface area (Å²) in [6.45, 7) is -0.792. The van der Waals surface area contributed by atoms with Crippen LogP contribution < -0.4 is 10.0 Å². The molecule has 2 amide bonds. The number of anilines is 1. The molecule has 1 N–H and O–H groups in total. The highest BCUT2D eigenvalue weighted by molar-refractivity contribution is 6.42. The molecule has 0 unspecified atom stereocenters. The van der Waals surface area contributed by atoms with Gasteiger partial charge in [0.05, 0.1) is 22.2 Å². The van der Waals surface area contributed by atoms with E-state index >= 15 is 0 Å². The Labute approximate surface area is 164 Å². The zero-order valence-corrected chi connectivity index (χ0v) is 15.7. The first kappa shape index (κ1) is 20.5. The van der Waals surface area contributed by atoms with E-state index in [2.05, 4.69) is 5.32 Å². The molecule has 0 aliphatic carbocycles. The summed E-state index contributed by atoms with van der Waals surface area (Å²) in [4.78, 5) is 36.9. The number of pyridine rings is 1. The molecule has 27 heavy (non-hydrogen) atoms. The number of nitrogens with one attached hydrogen (secondary N) is 1. The van der Waals surface area contributed by atoms with Crippen LogP contribution in [-0.4, -0.2) is 42.9 Å². The zero-order chi connectivity index (χ0) is 20.0. The summed E-state index contributed by atoms with van der Waals surface area (Å²) >= 11 is 11.7. The van der Waals surface area contributed by atoms with Gasteiger partial charge in [-0.3, -0.25) is 9.59 Å². The van der Waals surface area contributed by atoms with E-state index in [9.17, 15) is 19.6 Å². The van der Waals surface area contributed by atoms with Crippen molar-refractivity contribution in [3.05, 3.63) is 63.5 Å². The number of aromatic nitrogens is 1. The molecular weight excluding hydrogens is 397 g/mol. The van der Waals surface area contributed by atoms with E-state index in [0.29, 0.717) is 15.4 Å². The van der Waals surface area contributed by atoms with Crippen molar-refractivity contribution in [1.82, 2.24) is 4.90 Å². The van der Waals surface area contributed by atoms with Crippen molar-refractivity contribution in [2.24, 2.45) is 0 Å². The fourth-order valence-electron chi connectivity index (χ4n) is 1.95. The van der Waals surface area contributed by atoms with Crippen LogP contribution >= 0.6 is 23.2 Å². The first-order valence-electron chi connectivity index (χ1n) is 7.61. The highest BCUT2D eigenvalue weighted by Crippen LogP contribution is 2.24. The van der Waals surface area contributed by atoms with Crippen LogP contribution in [0.1, 0.15) is 10.4 Å². The van der Waals surface area contributed by atoms with Crippen LogP contribution in [0.25, 0.3) is 0 Å². The summed E-state index contributed by atoms with van der Waals surface area (Å²) in [5.41, 5.74) is 0.566. The van der Waals surface area contributed by atoms with Gasteiger partial charge in [-0.05, 0) is 18.2 Å². The number of rotatable bonds is 6. The highest BCUT2D eigenvalue weighted by Gasteiger charge is 2.16. The average Bonchev–Trinajstić information content (AvgIpc) is 2.63. The van der Waals surface area contributed by atoms with E-state index in [1.165, 1.54) is 31.3 Å². The second-order valence-corrected chi connectivity index (χ2v) is 6.26. The summed E-state index contributed by atoms with van der Waals surface area (Å²) in [5, 5.41) is 14.1. The molecule has 1 aromatic carbocycles. The number of amides is 2. The maximum Gasteiger partial charge on any atom is 0.339 e. The number of halogens is 2. The van der Waals surface area contributed by atoms with Crippen LogP contribution in [0.15, 0.2) is 42.7 Å². The number of likely N-dealkylation sites (N-methyl/N-ethyl adjacent to an activating group) is 1. The van der Waals surface area contributed by atoms with Crippen LogP contribution in [0.3, 0.4) is 0 Å². The van der Waals surface area contributed by atoms with Crippen LogP contribution in [0.5, 0.6) is 0 Å². The second-order valence-electron chi connectivity index (χ2n) is 5.45. The van der Waals surface area contributed by atoms with Gasteiger partial charge < -0.3 is 20.2 Å². The molecule has 0 saturated heterocycles. The van der Waals surface area contributed by atoms with Gasteiger partial charge in [0, 0.05) is 24.9 Å². The van der Waals surface area contributed by atoms with Crippen LogP contribution in [0.2, 0.25) is 10.0 Å². The average molecular weight is 412 g/mol. The third-order valence-electron chi connectivity index (χ3n) is 3.37. The van der Waals surface area contributed by atoms with Crippen LogP contribution in [0.4, 0.5) is 5.69 Å². The smallest absolute Gasteiger partial charge is 0.339 e. The molecule has 0 fully saturated rings. The van der Waals surface area contributed by atoms with Crippen molar-refractivity contribution in [1.29, 1.82) is 0 Å². The Hall–Kier alpha value is -2.84. The van der Waals surface area contributed by atoms with E-state index in [0.717, 1.165) is 17.3 Å². The minimum atomic E-state index is -0.752. The maximum atomic E-state index is 12.0. The predicted octanol–water partition coefficient (Wildman–Crippen LogP) is 1.88. The Morgan fingerprint density at radius 2 is 1.81 bits per heavy atom. The van der Waals surface area contributed by atoms with E-state index in [4.69, 9.17) is 27.9 Å². The molecule has 0 radical (unpaired) electrons. The van der Waals surface area contributed by atoms with E-state index in [-0.39, 0.29) is 17.1 Å². The summed E-state index contributed by atoms with van der Waals surface area (Å²) < 4.78 is 5.39. The van der Waals surface area contributed by atoms with Gasteiger partial charge in [0.1, 0.15) is 0 Å². The Bertz CT molecular complexity index is 858. The molecule has 2 rings (SSSR count). The molecule has 0 aliphatic rings. The number of carbonyl (C=O) groups is 3. The molecule has 0 bridgehead atoms. The SMILES string of the molecule is CN(CC(=O)Nc1ccc(Cl)c(Cl)c1)C(=O)COC(=O)c1cc[n+]([O-])cc1. The third kappa shape index (κ3) is 6.12. The lowest BCUT2D eigenvalue weighted by Gasteiger charge is -2.17. The van der Waals surface area contributed by atoms with Crippen LogP contribution in [-0.2, 0) is 14.3 Å². The van der Waals surface area contributed by atoms with Crippen molar-refractivity contribution in [2.75, 3.05) is 25.5 Å². The zero-order valence-electron chi connectivity index (χ0n) is 14.1. The second kappa shape index (κ2) is 9.20. The Morgan fingerprint density at radius 3 is 2.44 bits per heavy atom. The van der Waals surface area contributed by atoms with E-state index < -0.39 is 24.4 Å². The monoisotopic (exact) mass is 411 g/mol. The lowest BCUT2D eigenvalue weighted by molar-refractivity contribution is -0.605. The largest absolute Gasteiger partial charge is 0.619 e. The lowest BCUT2D eigenvalue weighted by Crippen LogP contribution is -2.37. The van der Waals surface area contributed by atoms with Crippen molar-refractivity contribution in [2.45, 2.75) is 0 Å². The number of nitrogens with zero attached hydrogens (tertiary/aromatic N) is 2. The summed E-state index contributed by atoms with van der Waals surface area (Å²) in [6.07, 6.45) is 2.27. The summed E-state index contributed by atoms with van der Waals surface area (Å²) in [7, 11) is 1.40. The lowest BCUT2D eigenvalue weighted by atomic mass is 10.3. The molecule has 1 aromatic heterocycles. The Kier molecular flexibility index (Phi) is 6.98. The van der Waals surface area contributed by atoms with Gasteiger partial charge in [-0.25, -0.2) is 4.79 Å². The Balaban J connectivity index is 1.82. The summed E-state index contributed by atoms with van der Waals surface area (Å²) in [6, 6.07) is 7.13. The number of hydrogen-bond donors (Lipinski definition) is 1. The van der Waals surface area contributed by atoms with Crippen molar-refractivity contribution in [3.63, 3.8) is 0 Å². The van der Waals surface area contributed by atoms with Gasteiger partial charge in [0.2, 0.25) is 5.91 Å². The fraction of sp³-hybridized carbons (Fsp3) is 0.176. The normalized spacial score (nSPS) is 10.2. The molecule has 0 spiro atoms. The highest BCUT2D eigenvalue weighted by atomic mass is 35.5. The molecule has 10 heteroatoms. The molecule has 1 heterocycles. The topological polar surface area (TPSA) is 103 Å². The first-order valence-corrected chi connectivity index (χ1v) is 8.36. The number of carbonyl (C=O) groups excluding carboxylic acids is 3. The quantitative estimate of drug-likeness (QED) is 0.444. The first-order chi connectivity index (χ1) is 12.8. The number of hydrogen-bond acceptors (Lipinski definition) is 5. The molecular formula is C17H15Cl2N3O5. The molecule has 8 nitrogen and oxygen atoms in total. The molecule has 0 aliphatic heterocycles. The van der Waals surface area contributed by atoms with E-state index in [1.807, 2.05) is 0 Å². The number of benzene rings is 1. The summed E-state index contributed by atoms with van der Waals surface area (Å²) in [5.74, 6) is -1.78. The van der Waals surface area contributed by atoms with Gasteiger partial charge in [-0.2, -0.15) is 4.73 Å². The number of ether oxygens (including phenoxy) is 1. The van der Waals surface area contributed by atoms with Crippen LogP contribution in [0, 0.1) is 5.21 Å². The molecule has 0 atom stereocenters. The molecule has 0 saturated carbocycles. The minimum Gasteiger partial charge on any atom is -0.619 e. The van der Waals surface area contributed by atoms with Gasteiger partial charge in [-0.15, -0.1) is 0 Å². The predicted molar refractivity (Wildman–Crippen MR) is 98.4 cm³/mol. The maximum absolute atomic E-state index is 12.0. The van der Waals surface area contributed by atoms with Crippen molar-refractivity contribution >= 4 is 46.7 Å². The number of esters is 1. The Morgan fingerprint density at radius 1 is 1.15 bits per heavy atom. The third-order valence-corrected chi connectivity index (χ3v) is 4.11. The standard InChI is InChI=1S/C17H15Cl2N3O5/c1-21(9-15(23)20-12-2-3-13(18)14(19)8-12)16(24)10-27-17(25)11-4-6-22(26)7-5-11/h2-8H,9-10H2,1H3,(H,20,23). The van der Waals surface area contributed by atoms with Gasteiger partial charge in [-0.1, -0.05) is 23.2 Å². The van der Waals surface area contributed by atoms with Crippen molar-refractivity contribution in [3.8, 4) is 0 Å². The fourth-order valence-corrected chi connectivity index (χ4v) is 2.25. The minimum absolute atomic E-state index is 0.134.